The van der Waals surface area contributed by atoms with Crippen LogP contribution in [0.25, 0.3) is 0 Å². The highest BCUT2D eigenvalue weighted by Gasteiger charge is 2.25. The summed E-state index contributed by atoms with van der Waals surface area (Å²) in [4.78, 5) is 0. The fraction of sp³-hybridized carbons (Fsp3) is 1.00. The van der Waals surface area contributed by atoms with Crippen LogP contribution in [0.1, 0.15) is 0 Å². The fourth-order valence-electron chi connectivity index (χ4n) is 0.638. The van der Waals surface area contributed by atoms with Crippen LogP contribution in [0.4, 0.5) is 0 Å². The van der Waals surface area contributed by atoms with Gasteiger partial charge in [0.2, 0.25) is 9.76 Å². The summed E-state index contributed by atoms with van der Waals surface area (Å²) in [5, 5.41) is 0. The molecule has 66 valence electrons. The second-order valence-electron chi connectivity index (χ2n) is 2.61. The SMILES string of the molecule is CO[Si](C)(C)O[SiH](C)O[Si]C. The third-order valence-electron chi connectivity index (χ3n) is 1.23. The van der Waals surface area contributed by atoms with Gasteiger partial charge in [-0.1, -0.05) is 0 Å². The smallest absolute Gasteiger partial charge is 0.322 e. The van der Waals surface area contributed by atoms with Gasteiger partial charge in [0.15, 0.2) is 0 Å². The molecule has 0 aliphatic rings. The van der Waals surface area contributed by atoms with Gasteiger partial charge in [-0.25, -0.2) is 0 Å². The number of hydrogen-bond donors (Lipinski definition) is 0. The molecule has 3 nitrogen and oxygen atoms in total. The molecule has 1 unspecified atom stereocenters. The Bertz CT molecular complexity index is 109. The zero-order valence-electron chi connectivity index (χ0n) is 7.80. The van der Waals surface area contributed by atoms with E-state index < -0.39 is 17.8 Å². The largest absolute Gasteiger partial charge is 0.439 e. The van der Waals surface area contributed by atoms with Crippen molar-refractivity contribution >= 4 is 27.6 Å². The van der Waals surface area contributed by atoms with Gasteiger partial charge >= 0.3 is 8.56 Å². The first-order chi connectivity index (χ1) is 5.02. The van der Waals surface area contributed by atoms with Crippen molar-refractivity contribution in [2.24, 2.45) is 0 Å². The first-order valence-electron chi connectivity index (χ1n) is 3.57. The van der Waals surface area contributed by atoms with Crippen molar-refractivity contribution in [3.63, 3.8) is 0 Å². The van der Waals surface area contributed by atoms with Gasteiger partial charge in [-0.15, -0.1) is 0 Å². The van der Waals surface area contributed by atoms with E-state index >= 15 is 0 Å². The molecule has 0 saturated heterocycles. The summed E-state index contributed by atoms with van der Waals surface area (Å²) in [5.74, 6) is 0. The average Bonchev–Trinajstić information content (AvgIpc) is 1.87. The Labute approximate surface area is 74.1 Å². The fourth-order valence-corrected chi connectivity index (χ4v) is 6.17. The zero-order chi connectivity index (χ0) is 8.91. The summed E-state index contributed by atoms with van der Waals surface area (Å²) in [6.07, 6.45) is 0. The van der Waals surface area contributed by atoms with E-state index in [0.717, 1.165) is 0 Å². The third kappa shape index (κ3) is 5.76. The van der Waals surface area contributed by atoms with Crippen molar-refractivity contribution in [3.05, 3.63) is 0 Å². The lowest BCUT2D eigenvalue weighted by molar-refractivity contribution is 0.295. The van der Waals surface area contributed by atoms with Crippen LogP contribution in [0.3, 0.4) is 0 Å². The first kappa shape index (κ1) is 11.5. The first-order valence-corrected chi connectivity index (χ1v) is 9.89. The minimum Gasteiger partial charge on any atom is -0.439 e. The van der Waals surface area contributed by atoms with Crippen LogP contribution in [-0.2, 0) is 12.7 Å². The molecule has 0 fully saturated rings. The van der Waals surface area contributed by atoms with Crippen LogP contribution in [0.5, 0.6) is 0 Å². The second kappa shape index (κ2) is 5.22. The minimum atomic E-state index is -1.84. The van der Waals surface area contributed by atoms with E-state index in [9.17, 15) is 0 Å². The molecule has 2 radical (unpaired) electrons. The van der Waals surface area contributed by atoms with Gasteiger partial charge in [0.05, 0.1) is 0 Å². The Morgan fingerprint density at radius 1 is 1.36 bits per heavy atom. The van der Waals surface area contributed by atoms with E-state index in [1.807, 2.05) is 26.2 Å². The quantitative estimate of drug-likeness (QED) is 0.628. The maximum absolute atomic E-state index is 5.67. The lowest BCUT2D eigenvalue weighted by atomic mass is 11.8. The van der Waals surface area contributed by atoms with Gasteiger partial charge in [0, 0.05) is 7.11 Å². The average molecular weight is 208 g/mol. The number of rotatable bonds is 5. The van der Waals surface area contributed by atoms with Crippen molar-refractivity contribution in [2.75, 3.05) is 7.11 Å². The van der Waals surface area contributed by atoms with Crippen LogP contribution >= 0.6 is 0 Å². The summed E-state index contributed by atoms with van der Waals surface area (Å²) in [6, 6.07) is 0. The molecule has 0 heterocycles. The molecule has 0 rings (SSSR count). The van der Waals surface area contributed by atoms with Crippen LogP contribution in [0.2, 0.25) is 26.2 Å². The molecule has 6 heteroatoms. The normalized spacial score (nSPS) is 15.0. The zero-order valence-corrected chi connectivity index (χ0v) is 11.0. The van der Waals surface area contributed by atoms with Gasteiger partial charge in [0.1, 0.15) is 0 Å². The topological polar surface area (TPSA) is 27.7 Å². The van der Waals surface area contributed by atoms with Crippen LogP contribution in [0, 0.1) is 0 Å². The Morgan fingerprint density at radius 3 is 2.27 bits per heavy atom. The molecule has 0 bridgehead atoms. The maximum Gasteiger partial charge on any atom is 0.322 e. The highest BCUT2D eigenvalue weighted by Crippen LogP contribution is 2.06. The predicted octanol–water partition coefficient (Wildman–Crippen LogP) is 0.885. The van der Waals surface area contributed by atoms with Gasteiger partial charge in [0.25, 0.3) is 9.28 Å². The van der Waals surface area contributed by atoms with E-state index in [1.165, 1.54) is 0 Å². The Hall–Kier alpha value is 0.531. The highest BCUT2D eigenvalue weighted by atomic mass is 28.4. The van der Waals surface area contributed by atoms with Gasteiger partial charge in [-0.05, 0) is 26.2 Å². The van der Waals surface area contributed by atoms with Crippen LogP contribution in [-0.4, -0.2) is 34.7 Å². The molecule has 0 aromatic heterocycles. The Balaban J connectivity index is 3.64. The minimum absolute atomic E-state index is 0.529. The molecular weight excluding hydrogens is 192 g/mol. The maximum atomic E-state index is 5.67. The molecular formula is C5H16O3Si3. The van der Waals surface area contributed by atoms with Crippen LogP contribution < -0.4 is 0 Å². The van der Waals surface area contributed by atoms with E-state index in [0.29, 0.717) is 9.76 Å². The van der Waals surface area contributed by atoms with Crippen LogP contribution in [0.15, 0.2) is 0 Å². The van der Waals surface area contributed by atoms with Crippen molar-refractivity contribution in [1.82, 2.24) is 0 Å². The molecule has 11 heavy (non-hydrogen) atoms. The third-order valence-corrected chi connectivity index (χ3v) is 8.08. The van der Waals surface area contributed by atoms with Crippen molar-refractivity contribution in [3.8, 4) is 0 Å². The summed E-state index contributed by atoms with van der Waals surface area (Å²) in [7, 11) is -1.01. The summed E-state index contributed by atoms with van der Waals surface area (Å²) in [6.45, 7) is 8.09. The molecule has 0 saturated carbocycles. The lowest BCUT2D eigenvalue weighted by Crippen LogP contribution is -2.40. The van der Waals surface area contributed by atoms with E-state index in [-0.39, 0.29) is 0 Å². The molecule has 0 aromatic rings. The van der Waals surface area contributed by atoms with Crippen molar-refractivity contribution in [2.45, 2.75) is 26.2 Å². The van der Waals surface area contributed by atoms with E-state index in [1.54, 1.807) is 7.11 Å². The number of hydrogen-bond acceptors (Lipinski definition) is 3. The molecule has 0 aliphatic heterocycles. The Kier molecular flexibility index (Phi) is 5.48. The molecule has 1 atom stereocenters. The van der Waals surface area contributed by atoms with E-state index in [2.05, 4.69) is 0 Å². The van der Waals surface area contributed by atoms with E-state index in [4.69, 9.17) is 12.7 Å². The molecule has 0 aliphatic carbocycles. The summed E-state index contributed by atoms with van der Waals surface area (Å²) >= 11 is 0. The summed E-state index contributed by atoms with van der Waals surface area (Å²) in [5.41, 5.74) is 0. The molecule has 0 amide bonds. The monoisotopic (exact) mass is 208 g/mol. The Morgan fingerprint density at radius 2 is 1.91 bits per heavy atom. The van der Waals surface area contributed by atoms with Crippen molar-refractivity contribution < 1.29 is 12.7 Å². The standard InChI is InChI=1S/C5H16O3Si3/c1-6-11(4,5)8-10(3)7-9-2/h10H,1-5H3. The second-order valence-corrected chi connectivity index (χ2v) is 9.25. The molecule has 0 N–H and O–H groups in total. The highest BCUT2D eigenvalue weighted by molar-refractivity contribution is 6.72. The van der Waals surface area contributed by atoms with Gasteiger partial charge in [-0.3, -0.25) is 0 Å². The lowest BCUT2D eigenvalue weighted by Gasteiger charge is -2.24. The molecule has 0 spiro atoms. The van der Waals surface area contributed by atoms with Crippen molar-refractivity contribution in [1.29, 1.82) is 0 Å². The van der Waals surface area contributed by atoms with Gasteiger partial charge in [-0.2, -0.15) is 0 Å². The predicted molar refractivity (Wildman–Crippen MR) is 51.3 cm³/mol. The molecule has 0 aromatic carbocycles. The van der Waals surface area contributed by atoms with Gasteiger partial charge < -0.3 is 12.7 Å². The summed E-state index contributed by atoms with van der Waals surface area (Å²) < 4.78 is 16.3.